The Morgan fingerprint density at radius 1 is 0.600 bits per heavy atom. The molecule has 0 heterocycles. The monoisotopic (exact) mass is 733 g/mol. The molecule has 9 nitrogen and oxygen atoms in total. The maximum Gasteiger partial charge on any atom is 0 e. The van der Waals surface area contributed by atoms with Gasteiger partial charge in [0.25, 0.3) is 0 Å². The average Bonchev–Trinajstić information content (AvgIpc) is 1.54. The van der Waals surface area contributed by atoms with Gasteiger partial charge in [-0.25, -0.2) is 0 Å². The van der Waals surface area contributed by atoms with Gasteiger partial charge in [-0.2, -0.15) is 0 Å². The van der Waals surface area contributed by atoms with Crippen LogP contribution in [0.4, 0.5) is 0 Å². The van der Waals surface area contributed by atoms with Gasteiger partial charge in [-0.3, -0.25) is 0 Å². The van der Waals surface area contributed by atoms with E-state index in [-0.39, 0.29) is 89.1 Å². The molecule has 85 valence electrons. The first-order chi connectivity index (χ1) is 5.20. The van der Waals surface area contributed by atoms with Crippen LogP contribution in [-0.4, -0.2) is 49.4 Å². The quantitative estimate of drug-likeness (QED) is 0.134. The third-order valence-electron chi connectivity index (χ3n) is 0. The molecule has 15 heavy (non-hydrogen) atoms. The third-order valence-corrected chi connectivity index (χ3v) is 0. The topological polar surface area (TPSA) is 173 Å². The zero-order valence-electron chi connectivity index (χ0n) is 7.19. The Kier molecular flexibility index (Phi) is 75.4. The summed E-state index contributed by atoms with van der Waals surface area (Å²) in [6.45, 7) is 0. The summed E-state index contributed by atoms with van der Waals surface area (Å²) >= 11 is -10.8. The molecule has 0 atom stereocenters. The van der Waals surface area contributed by atoms with Crippen molar-refractivity contribution in [2.45, 2.75) is 0 Å². The second-order valence-electron chi connectivity index (χ2n) is 0.848. The summed E-state index contributed by atoms with van der Waals surface area (Å²) in [5.74, 6) is 0. The van der Waals surface area contributed by atoms with E-state index in [0.29, 0.717) is 0 Å². The van der Waals surface area contributed by atoms with Gasteiger partial charge in [0.15, 0.2) is 0 Å². The first kappa shape index (κ1) is 36.5. The summed E-state index contributed by atoms with van der Waals surface area (Å²) in [6, 6.07) is 0. The van der Waals surface area contributed by atoms with Crippen LogP contribution in [0.2, 0.25) is 0 Å². The van der Waals surface area contributed by atoms with Crippen molar-refractivity contribution >= 4 is 27.3 Å². The first-order valence-corrected chi connectivity index (χ1v) is 8.06. The van der Waals surface area contributed by atoms with E-state index in [9.17, 15) is 0 Å². The van der Waals surface area contributed by atoms with Crippen molar-refractivity contribution in [3.8, 4) is 0 Å². The Morgan fingerprint density at radius 2 is 0.600 bits per heavy atom. The summed E-state index contributed by atoms with van der Waals surface area (Å²) in [4.78, 5) is 0. The van der Waals surface area contributed by atoms with Crippen LogP contribution in [0, 0.1) is 35.6 Å². The molecule has 0 spiro atoms. The van der Waals surface area contributed by atoms with Crippen molar-refractivity contribution in [1.29, 1.82) is 0 Å². The minimum atomic E-state index is -3.58. The smallest absolute Gasteiger partial charge is 0 e. The number of hydrogen-bond donors (Lipinski definition) is 6. The average molecular weight is 733 g/mol. The van der Waals surface area contributed by atoms with Gasteiger partial charge in [0.05, 0.1) is 0 Å². The van der Waals surface area contributed by atoms with Gasteiger partial charge >= 0.3 is 115 Å². The van der Waals surface area contributed by atoms with Crippen molar-refractivity contribution in [3.63, 3.8) is 0 Å². The van der Waals surface area contributed by atoms with Crippen molar-refractivity contribution in [2.75, 3.05) is 0 Å². The van der Waals surface area contributed by atoms with E-state index < -0.39 is 55.8 Å². The molecule has 3 radical (unpaired) electrons. The number of rotatable bonds is 0. The molecule has 0 saturated heterocycles. The van der Waals surface area contributed by atoms with Crippen LogP contribution in [0.25, 0.3) is 0 Å². The predicted molar refractivity (Wildman–Crippen MR) is 23.9 cm³/mol. The minimum Gasteiger partial charge on any atom is 0 e. The summed E-state index contributed by atoms with van der Waals surface area (Å²) in [6.07, 6.45) is 0. The van der Waals surface area contributed by atoms with Crippen LogP contribution in [0.1, 0.15) is 0 Å². The van der Waals surface area contributed by atoms with Gasteiger partial charge in [-0.05, 0) is 0 Å². The normalized spacial score (nSPS) is 5.20. The minimum absolute atomic E-state index is 0. The van der Waals surface area contributed by atoms with Crippen LogP contribution in [0.15, 0.2) is 0 Å². The zero-order valence-corrected chi connectivity index (χ0v) is 23.5. The molecule has 0 fully saturated rings. The third kappa shape index (κ3) is 263. The maximum atomic E-state index is 8.81. The molecule has 0 aromatic rings. The van der Waals surface area contributed by atoms with Crippen molar-refractivity contribution in [2.24, 2.45) is 0 Å². The predicted octanol–water partition coefficient (Wildman–Crippen LogP) is -4.62. The van der Waals surface area contributed by atoms with Gasteiger partial charge in [0, 0.05) is 61.8 Å². The summed E-state index contributed by atoms with van der Waals surface area (Å²) in [7, 11) is 0. The molecule has 0 unspecified atom stereocenters. The molecule has 15 heteroatoms. The van der Waals surface area contributed by atoms with E-state index in [2.05, 4.69) is 0 Å². The van der Waals surface area contributed by atoms with Gasteiger partial charge in [-0.1, -0.05) is 0 Å². The maximum absolute atomic E-state index is 8.81. The zero-order chi connectivity index (χ0) is 10.7. The van der Waals surface area contributed by atoms with E-state index in [1.54, 1.807) is 0 Å². The largest absolute Gasteiger partial charge is 0 e. The van der Waals surface area contributed by atoms with Gasteiger partial charge < -0.3 is 0 Å². The molecule has 0 rings (SSSR count). The van der Waals surface area contributed by atoms with Crippen LogP contribution >= 0.6 is 0 Å². The SMILES string of the molecule is [La].[O]=[Ti]([OH])[OH].[O]=[Ti]([OH])[OH].[O]=[Ti]([OH])[OH].[PbH2].[Zr]. The molecule has 0 amide bonds. The van der Waals surface area contributed by atoms with Gasteiger partial charge in [0.2, 0.25) is 0 Å². The van der Waals surface area contributed by atoms with Crippen LogP contribution in [0.3, 0.4) is 0 Å². The molecular formula is H8LaO9PbTi3Zr. The molecule has 0 aromatic heterocycles. The summed E-state index contributed by atoms with van der Waals surface area (Å²) < 4.78 is 69.8. The van der Waals surface area contributed by atoms with Crippen LogP contribution in [0.5, 0.6) is 0 Å². The van der Waals surface area contributed by atoms with Crippen LogP contribution in [-0.2, 0) is 92.0 Å². The molecule has 6 N–H and O–H groups in total. The summed E-state index contributed by atoms with van der Waals surface area (Å²) in [5, 5.41) is 0. The molecule has 0 aromatic carbocycles. The fraction of sp³-hybridized carbons (Fsp3) is 0. The van der Waals surface area contributed by atoms with Gasteiger partial charge in [0.1, 0.15) is 0 Å². The second kappa shape index (κ2) is 31.0. The Morgan fingerprint density at radius 3 is 0.600 bits per heavy atom. The van der Waals surface area contributed by atoms with Gasteiger partial charge in [-0.15, -0.1) is 0 Å². The standard InChI is InChI=1S/La.6H2O.3O.Pb.3Ti.Zr.2H/h;6*1H2;;;;;;;;;;/q;;;;;;;;;;;3*+2;;;/p-6. The second-order valence-corrected chi connectivity index (χ2v) is 3.50. The Hall–Kier alpha value is 4.30. The fourth-order valence-corrected chi connectivity index (χ4v) is 0. The molecular weight excluding hydrogens is 725 g/mol. The Balaban J connectivity index is -0.0000000184. The van der Waals surface area contributed by atoms with Crippen molar-refractivity contribution < 1.29 is 150 Å². The van der Waals surface area contributed by atoms with E-state index in [1.165, 1.54) is 0 Å². The Bertz CT molecular complexity index is 123. The van der Waals surface area contributed by atoms with Crippen LogP contribution < -0.4 is 0 Å². The Labute approximate surface area is 173 Å². The van der Waals surface area contributed by atoms with Crippen molar-refractivity contribution in [1.82, 2.24) is 0 Å². The summed E-state index contributed by atoms with van der Waals surface area (Å²) in [5.41, 5.74) is 0. The molecule has 0 saturated carbocycles. The fourth-order valence-electron chi connectivity index (χ4n) is 0. The molecule has 0 aliphatic rings. The molecule has 0 aliphatic carbocycles. The molecule has 0 bridgehead atoms. The van der Waals surface area contributed by atoms with E-state index in [1.807, 2.05) is 0 Å². The first-order valence-electron chi connectivity index (χ1n) is 1.95. The molecule has 0 aliphatic heterocycles. The van der Waals surface area contributed by atoms with E-state index in [0.717, 1.165) is 0 Å². The number of hydrogen-bond acceptors (Lipinski definition) is 3. The van der Waals surface area contributed by atoms with Crippen molar-refractivity contribution in [3.05, 3.63) is 0 Å². The van der Waals surface area contributed by atoms with E-state index in [4.69, 9.17) is 32.1 Å². The van der Waals surface area contributed by atoms with E-state index >= 15 is 0 Å².